The van der Waals surface area contributed by atoms with Crippen LogP contribution in [0.1, 0.15) is 26.7 Å². The lowest BCUT2D eigenvalue weighted by molar-refractivity contribution is -0.384. The van der Waals surface area contributed by atoms with Gasteiger partial charge in [0.15, 0.2) is 12.4 Å². The van der Waals surface area contributed by atoms with Crippen molar-refractivity contribution in [2.75, 3.05) is 35.7 Å². The van der Waals surface area contributed by atoms with Crippen molar-refractivity contribution in [3.63, 3.8) is 0 Å². The lowest BCUT2D eigenvalue weighted by Crippen LogP contribution is -2.53. The minimum Gasteiger partial charge on any atom is -0.481 e. The van der Waals surface area contributed by atoms with Crippen LogP contribution in [0.15, 0.2) is 12.1 Å². The molecule has 1 atom stereocenters. The van der Waals surface area contributed by atoms with Crippen LogP contribution in [0.2, 0.25) is 0 Å². The molecule has 2 heterocycles. The molecule has 1 fully saturated rings. The van der Waals surface area contributed by atoms with Gasteiger partial charge in [-0.05, 0) is 18.9 Å². The molecule has 0 spiro atoms. The highest BCUT2D eigenvalue weighted by Gasteiger charge is 2.40. The fourth-order valence-electron chi connectivity index (χ4n) is 3.41. The SMILES string of the molecule is CCC1(CC)CN(c2cc3c(cc2[N+](=O)[O-])OCC(=O)N3)CCS1=O. The van der Waals surface area contributed by atoms with E-state index < -0.39 is 15.7 Å². The molecule has 1 amide bonds. The van der Waals surface area contributed by atoms with Gasteiger partial charge in [0.25, 0.3) is 11.6 Å². The number of fused-ring (bicyclic) bond motifs is 1. The summed E-state index contributed by atoms with van der Waals surface area (Å²) in [6, 6.07) is 2.95. The summed E-state index contributed by atoms with van der Waals surface area (Å²) < 4.78 is 17.4. The number of ether oxygens (including phenoxy) is 1. The molecule has 0 radical (unpaired) electrons. The van der Waals surface area contributed by atoms with E-state index >= 15 is 0 Å². The molecular formula is C16H21N3O5S. The number of amides is 1. The fourth-order valence-corrected chi connectivity index (χ4v) is 5.18. The number of nitro benzene ring substituents is 1. The molecule has 8 nitrogen and oxygen atoms in total. The second-order valence-corrected chi connectivity index (χ2v) is 8.26. The average Bonchev–Trinajstić information content (AvgIpc) is 2.61. The Morgan fingerprint density at radius 1 is 1.40 bits per heavy atom. The van der Waals surface area contributed by atoms with E-state index in [1.165, 1.54) is 6.07 Å². The lowest BCUT2D eigenvalue weighted by atomic mass is 10.0. The average molecular weight is 367 g/mol. The number of nitrogens with zero attached hydrogens (tertiary/aromatic N) is 2. The van der Waals surface area contributed by atoms with Crippen molar-refractivity contribution in [1.82, 2.24) is 0 Å². The summed E-state index contributed by atoms with van der Waals surface area (Å²) in [6.45, 7) is 4.81. The molecule has 1 aromatic rings. The first-order chi connectivity index (χ1) is 11.9. The van der Waals surface area contributed by atoms with Gasteiger partial charge in [0.1, 0.15) is 5.69 Å². The summed E-state index contributed by atoms with van der Waals surface area (Å²) in [4.78, 5) is 24.6. The Balaban J connectivity index is 2.03. The van der Waals surface area contributed by atoms with Gasteiger partial charge in [-0.15, -0.1) is 0 Å². The maximum Gasteiger partial charge on any atom is 0.296 e. The van der Waals surface area contributed by atoms with Gasteiger partial charge in [0.2, 0.25) is 0 Å². The largest absolute Gasteiger partial charge is 0.481 e. The molecular weight excluding hydrogens is 346 g/mol. The highest BCUT2D eigenvalue weighted by Crippen LogP contribution is 2.41. The first-order valence-corrected chi connectivity index (χ1v) is 9.60. The van der Waals surface area contributed by atoms with Crippen LogP contribution in [0.5, 0.6) is 5.75 Å². The second-order valence-electron chi connectivity index (χ2n) is 6.29. The topological polar surface area (TPSA) is 102 Å². The van der Waals surface area contributed by atoms with Gasteiger partial charge in [-0.3, -0.25) is 19.1 Å². The number of benzene rings is 1. The van der Waals surface area contributed by atoms with E-state index in [-0.39, 0.29) is 22.9 Å². The number of hydrogen-bond donors (Lipinski definition) is 1. The van der Waals surface area contributed by atoms with E-state index in [1.54, 1.807) is 6.07 Å². The van der Waals surface area contributed by atoms with Crippen LogP contribution < -0.4 is 15.0 Å². The van der Waals surface area contributed by atoms with Crippen molar-refractivity contribution in [3.05, 3.63) is 22.2 Å². The van der Waals surface area contributed by atoms with Gasteiger partial charge in [0.05, 0.1) is 21.4 Å². The van der Waals surface area contributed by atoms with Crippen molar-refractivity contribution in [1.29, 1.82) is 0 Å². The van der Waals surface area contributed by atoms with E-state index in [2.05, 4.69) is 5.32 Å². The first-order valence-electron chi connectivity index (χ1n) is 8.28. The third-order valence-corrected chi connectivity index (χ3v) is 7.27. The Morgan fingerprint density at radius 2 is 2.12 bits per heavy atom. The zero-order chi connectivity index (χ0) is 18.2. The molecule has 0 aromatic heterocycles. The smallest absolute Gasteiger partial charge is 0.296 e. The van der Waals surface area contributed by atoms with Gasteiger partial charge >= 0.3 is 0 Å². The van der Waals surface area contributed by atoms with Crippen LogP contribution in [-0.2, 0) is 15.6 Å². The first kappa shape index (κ1) is 17.7. The summed E-state index contributed by atoms with van der Waals surface area (Å²) in [5.74, 6) is 0.482. The summed E-state index contributed by atoms with van der Waals surface area (Å²) in [5.41, 5.74) is 0.795. The van der Waals surface area contributed by atoms with Crippen LogP contribution in [0.3, 0.4) is 0 Å². The fraction of sp³-hybridized carbons (Fsp3) is 0.562. The van der Waals surface area contributed by atoms with E-state index in [9.17, 15) is 19.1 Å². The zero-order valence-corrected chi connectivity index (χ0v) is 15.1. The van der Waals surface area contributed by atoms with Crippen molar-refractivity contribution >= 4 is 33.8 Å². The van der Waals surface area contributed by atoms with Crippen LogP contribution in [0, 0.1) is 10.1 Å². The number of carbonyl (C=O) groups is 1. The Bertz CT molecular complexity index is 748. The van der Waals surface area contributed by atoms with E-state index in [4.69, 9.17) is 4.74 Å². The van der Waals surface area contributed by atoms with E-state index in [1.807, 2.05) is 18.7 Å². The molecule has 1 unspecified atom stereocenters. The lowest BCUT2D eigenvalue weighted by Gasteiger charge is -2.42. The van der Waals surface area contributed by atoms with Crippen LogP contribution >= 0.6 is 0 Å². The molecule has 0 aliphatic carbocycles. The Kier molecular flexibility index (Phi) is 4.68. The van der Waals surface area contributed by atoms with Gasteiger partial charge in [-0.1, -0.05) is 13.8 Å². The van der Waals surface area contributed by atoms with E-state index in [0.717, 1.165) is 12.8 Å². The summed E-state index contributed by atoms with van der Waals surface area (Å²) in [7, 11) is -0.962. The third-order valence-electron chi connectivity index (χ3n) is 5.04. The maximum atomic E-state index is 12.5. The molecule has 136 valence electrons. The quantitative estimate of drug-likeness (QED) is 0.645. The predicted octanol–water partition coefficient (Wildman–Crippen LogP) is 2.05. The molecule has 0 bridgehead atoms. The molecule has 1 aromatic carbocycles. The van der Waals surface area contributed by atoms with Gasteiger partial charge < -0.3 is 15.0 Å². The molecule has 9 heteroatoms. The van der Waals surface area contributed by atoms with Gasteiger partial charge in [0, 0.05) is 29.6 Å². The Labute approximate surface area is 148 Å². The summed E-state index contributed by atoms with van der Waals surface area (Å²) >= 11 is 0. The third kappa shape index (κ3) is 3.08. The van der Waals surface area contributed by atoms with Crippen molar-refractivity contribution < 1.29 is 18.7 Å². The number of nitrogens with one attached hydrogen (secondary N) is 1. The highest BCUT2D eigenvalue weighted by atomic mass is 32.2. The summed E-state index contributed by atoms with van der Waals surface area (Å²) in [6.07, 6.45) is 1.48. The standard InChI is InChI=1S/C16H21N3O5S/c1-3-16(4-2)10-18(5-6-25(16)23)12-7-11-14(8-13(12)19(21)22)24-9-15(20)17-11/h7-8H,3-6,9-10H2,1-2H3,(H,17,20). The van der Waals surface area contributed by atoms with Crippen molar-refractivity contribution in [3.8, 4) is 5.75 Å². The van der Waals surface area contributed by atoms with E-state index in [0.29, 0.717) is 36.0 Å². The monoisotopic (exact) mass is 367 g/mol. The highest BCUT2D eigenvalue weighted by molar-refractivity contribution is 7.86. The number of rotatable bonds is 4. The number of carbonyl (C=O) groups excluding carboxylic acids is 1. The molecule has 3 rings (SSSR count). The number of nitro groups is 1. The Morgan fingerprint density at radius 3 is 2.76 bits per heavy atom. The normalized spacial score (nSPS) is 21.9. The molecule has 0 saturated carbocycles. The van der Waals surface area contributed by atoms with Gasteiger partial charge in [-0.25, -0.2) is 0 Å². The molecule has 1 saturated heterocycles. The van der Waals surface area contributed by atoms with Crippen molar-refractivity contribution in [2.24, 2.45) is 0 Å². The molecule has 2 aliphatic rings. The molecule has 2 aliphatic heterocycles. The second kappa shape index (κ2) is 6.62. The minimum atomic E-state index is -0.962. The predicted molar refractivity (Wildman–Crippen MR) is 95.8 cm³/mol. The molecule has 1 N–H and O–H groups in total. The molecule has 25 heavy (non-hydrogen) atoms. The van der Waals surface area contributed by atoms with Crippen LogP contribution in [0.25, 0.3) is 0 Å². The van der Waals surface area contributed by atoms with Gasteiger partial charge in [-0.2, -0.15) is 0 Å². The van der Waals surface area contributed by atoms with Crippen LogP contribution in [-0.4, -0.2) is 45.2 Å². The zero-order valence-electron chi connectivity index (χ0n) is 14.2. The number of anilines is 2. The minimum absolute atomic E-state index is 0.0660. The van der Waals surface area contributed by atoms with Crippen LogP contribution in [0.4, 0.5) is 17.1 Å². The Hall–Kier alpha value is -2.16. The maximum absolute atomic E-state index is 12.5. The van der Waals surface area contributed by atoms with Crippen molar-refractivity contribution in [2.45, 2.75) is 31.4 Å². The number of hydrogen-bond acceptors (Lipinski definition) is 6. The summed E-state index contributed by atoms with van der Waals surface area (Å²) in [5, 5.41) is 14.2.